The van der Waals surface area contributed by atoms with Crippen molar-refractivity contribution in [1.82, 2.24) is 0 Å². The Morgan fingerprint density at radius 2 is 1.37 bits per heavy atom. The molecule has 0 aromatic heterocycles. The van der Waals surface area contributed by atoms with Gasteiger partial charge in [0.15, 0.2) is 0 Å². The molecule has 0 bridgehead atoms. The van der Waals surface area contributed by atoms with Crippen molar-refractivity contribution in [3.8, 4) is 0 Å². The summed E-state index contributed by atoms with van der Waals surface area (Å²) >= 11 is 16.6. The van der Waals surface area contributed by atoms with E-state index in [0.29, 0.717) is 0 Å². The smallest absolute Gasteiger partial charge is 0.319 e. The van der Waals surface area contributed by atoms with Crippen LogP contribution >= 0.6 is 47.2 Å². The van der Waals surface area contributed by atoms with E-state index in [-0.39, 0.29) is 17.4 Å². The van der Waals surface area contributed by atoms with Gasteiger partial charge in [-0.2, -0.15) is 22.0 Å². The predicted molar refractivity (Wildman–Crippen MR) is 66.7 cm³/mol. The van der Waals surface area contributed by atoms with Crippen molar-refractivity contribution in [3.63, 3.8) is 0 Å². The third-order valence-electron chi connectivity index (χ3n) is 2.16. The summed E-state index contributed by atoms with van der Waals surface area (Å²) in [7, 11) is 0. The van der Waals surface area contributed by atoms with E-state index in [9.17, 15) is 22.0 Å². The Hall–Kier alpha value is -0.0100. The molecule has 0 aliphatic rings. The number of hydrogen-bond donors (Lipinski definition) is 1. The Morgan fingerprint density at radius 1 is 0.947 bits per heavy atom. The van der Waals surface area contributed by atoms with Crippen LogP contribution in [0.3, 0.4) is 0 Å². The van der Waals surface area contributed by atoms with Gasteiger partial charge in [0.05, 0.1) is 10.0 Å². The highest BCUT2D eigenvalue weighted by Crippen LogP contribution is 2.47. The second kappa shape index (κ2) is 6.18. The van der Waals surface area contributed by atoms with Gasteiger partial charge in [0.25, 0.3) is 0 Å². The second-order valence-electron chi connectivity index (χ2n) is 3.36. The predicted octanol–water partition coefficient (Wildman–Crippen LogP) is 5.27. The standard InChI is InChI=1S/C9H5Cl3F5N.ClH/c10-3-1-2-4(11)6(12)5(3)7(18)8(13,14)9(15,16)17;/h1-2,7H,18H2;1H/t7-;/m0./s1. The van der Waals surface area contributed by atoms with Crippen molar-refractivity contribution in [1.29, 1.82) is 0 Å². The van der Waals surface area contributed by atoms with E-state index in [1.807, 2.05) is 0 Å². The third-order valence-corrected chi connectivity index (χ3v) is 3.31. The van der Waals surface area contributed by atoms with Crippen LogP contribution in [0.4, 0.5) is 22.0 Å². The molecule has 0 amide bonds. The summed E-state index contributed by atoms with van der Waals surface area (Å²) in [4.78, 5) is 0. The van der Waals surface area contributed by atoms with Crippen molar-refractivity contribution in [2.75, 3.05) is 0 Å². The number of hydrogen-bond acceptors (Lipinski definition) is 1. The molecule has 0 aliphatic carbocycles. The zero-order chi connectivity index (χ0) is 14.3. The normalized spacial score (nSPS) is 13.9. The minimum Gasteiger partial charge on any atom is -0.319 e. The van der Waals surface area contributed by atoms with E-state index < -0.39 is 33.7 Å². The third kappa shape index (κ3) is 3.55. The average Bonchev–Trinajstić information content (AvgIpc) is 2.22. The maximum Gasteiger partial charge on any atom is 0.455 e. The van der Waals surface area contributed by atoms with Gasteiger partial charge in [0.1, 0.15) is 6.04 Å². The summed E-state index contributed by atoms with van der Waals surface area (Å²) in [6.07, 6.45) is -5.82. The van der Waals surface area contributed by atoms with Gasteiger partial charge in [-0.15, -0.1) is 12.4 Å². The van der Waals surface area contributed by atoms with Crippen LogP contribution in [0.25, 0.3) is 0 Å². The van der Waals surface area contributed by atoms with Gasteiger partial charge in [0.2, 0.25) is 0 Å². The average molecular weight is 365 g/mol. The first-order valence-electron chi connectivity index (χ1n) is 4.33. The van der Waals surface area contributed by atoms with Crippen molar-refractivity contribution < 1.29 is 22.0 Å². The van der Waals surface area contributed by atoms with Gasteiger partial charge >= 0.3 is 12.1 Å². The van der Waals surface area contributed by atoms with Crippen LogP contribution in [0.1, 0.15) is 11.6 Å². The molecule has 0 aliphatic heterocycles. The molecule has 0 saturated heterocycles. The Kier molecular flexibility index (Phi) is 6.18. The second-order valence-corrected chi connectivity index (χ2v) is 4.55. The molecule has 1 atom stereocenters. The molecular weight excluding hydrogens is 359 g/mol. The van der Waals surface area contributed by atoms with Gasteiger partial charge < -0.3 is 5.73 Å². The molecule has 0 unspecified atom stereocenters. The lowest BCUT2D eigenvalue weighted by atomic mass is 10.0. The molecule has 0 radical (unpaired) electrons. The number of nitrogens with two attached hydrogens (primary N) is 1. The van der Waals surface area contributed by atoms with Gasteiger partial charge in [-0.3, -0.25) is 0 Å². The van der Waals surface area contributed by atoms with Crippen LogP contribution in [0.15, 0.2) is 12.1 Å². The molecule has 1 aromatic carbocycles. The monoisotopic (exact) mass is 363 g/mol. The quantitative estimate of drug-likeness (QED) is 0.561. The lowest BCUT2D eigenvalue weighted by molar-refractivity contribution is -0.290. The number of halogens is 9. The van der Waals surface area contributed by atoms with E-state index in [0.717, 1.165) is 12.1 Å². The van der Waals surface area contributed by atoms with E-state index in [2.05, 4.69) is 0 Å². The highest BCUT2D eigenvalue weighted by atomic mass is 35.5. The van der Waals surface area contributed by atoms with E-state index in [1.165, 1.54) is 0 Å². The molecule has 110 valence electrons. The van der Waals surface area contributed by atoms with Crippen molar-refractivity contribution in [3.05, 3.63) is 32.8 Å². The summed E-state index contributed by atoms with van der Waals surface area (Å²) in [5, 5.41) is -1.16. The SMILES string of the molecule is Cl.N[C@@H](c1c(Cl)ccc(Cl)c1Cl)C(F)(F)C(F)(F)F. The fourth-order valence-corrected chi connectivity index (χ4v) is 1.96. The Bertz CT molecular complexity index is 463. The number of alkyl halides is 5. The van der Waals surface area contributed by atoms with Gasteiger partial charge in [0, 0.05) is 10.6 Å². The topological polar surface area (TPSA) is 26.0 Å². The van der Waals surface area contributed by atoms with Gasteiger partial charge in [-0.25, -0.2) is 0 Å². The van der Waals surface area contributed by atoms with Crippen molar-refractivity contribution >= 4 is 47.2 Å². The maximum absolute atomic E-state index is 13.1. The van der Waals surface area contributed by atoms with E-state index in [1.54, 1.807) is 0 Å². The molecule has 1 nitrogen and oxygen atoms in total. The number of benzene rings is 1. The van der Waals surface area contributed by atoms with Crippen molar-refractivity contribution in [2.24, 2.45) is 5.73 Å². The Balaban J connectivity index is 0.00000324. The summed E-state index contributed by atoms with van der Waals surface area (Å²) < 4.78 is 62.7. The van der Waals surface area contributed by atoms with Crippen LogP contribution in [-0.2, 0) is 0 Å². The van der Waals surface area contributed by atoms with E-state index in [4.69, 9.17) is 40.5 Å². The zero-order valence-corrected chi connectivity index (χ0v) is 11.8. The van der Waals surface area contributed by atoms with Gasteiger partial charge in [-0.05, 0) is 12.1 Å². The fraction of sp³-hybridized carbons (Fsp3) is 0.333. The molecule has 0 saturated carbocycles. The molecule has 0 heterocycles. The lowest BCUT2D eigenvalue weighted by Gasteiger charge is -2.27. The summed E-state index contributed by atoms with van der Waals surface area (Å²) in [6.45, 7) is 0. The highest BCUT2D eigenvalue weighted by molar-refractivity contribution is 6.44. The molecule has 1 rings (SSSR count). The van der Waals surface area contributed by atoms with Crippen LogP contribution in [-0.4, -0.2) is 12.1 Å². The summed E-state index contributed by atoms with van der Waals surface area (Å²) in [5.41, 5.74) is 4.19. The largest absolute Gasteiger partial charge is 0.455 e. The molecule has 1 aromatic rings. The molecule has 0 fully saturated rings. The summed E-state index contributed by atoms with van der Waals surface area (Å²) in [6, 6.07) is -0.540. The molecule has 0 spiro atoms. The first-order chi connectivity index (χ1) is 8.00. The van der Waals surface area contributed by atoms with Crippen LogP contribution in [0.2, 0.25) is 15.1 Å². The first-order valence-corrected chi connectivity index (χ1v) is 5.47. The minimum atomic E-state index is -5.82. The Morgan fingerprint density at radius 3 is 1.79 bits per heavy atom. The fourth-order valence-electron chi connectivity index (χ4n) is 1.19. The van der Waals surface area contributed by atoms with Crippen LogP contribution in [0.5, 0.6) is 0 Å². The maximum atomic E-state index is 13.1. The lowest BCUT2D eigenvalue weighted by Crippen LogP contribution is -2.46. The van der Waals surface area contributed by atoms with Crippen LogP contribution < -0.4 is 5.73 Å². The van der Waals surface area contributed by atoms with Crippen LogP contribution in [0, 0.1) is 0 Å². The summed E-state index contributed by atoms with van der Waals surface area (Å²) in [5.74, 6) is -5.18. The zero-order valence-electron chi connectivity index (χ0n) is 8.74. The molecular formula is C9H6Cl4F5N. The minimum absolute atomic E-state index is 0. The van der Waals surface area contributed by atoms with Gasteiger partial charge in [-0.1, -0.05) is 34.8 Å². The number of rotatable bonds is 2. The molecule has 10 heteroatoms. The first kappa shape index (κ1) is 19.0. The van der Waals surface area contributed by atoms with E-state index >= 15 is 0 Å². The molecule has 2 N–H and O–H groups in total. The van der Waals surface area contributed by atoms with Crippen molar-refractivity contribution in [2.45, 2.75) is 18.1 Å². The Labute approximate surface area is 126 Å². The molecule has 19 heavy (non-hydrogen) atoms. The highest BCUT2D eigenvalue weighted by Gasteiger charge is 2.62.